The Bertz CT molecular complexity index is 354. The number of alkyl halides is 1. The Hall–Kier alpha value is -0.480. The van der Waals surface area contributed by atoms with Gasteiger partial charge in [0, 0.05) is 0 Å². The fourth-order valence-corrected chi connectivity index (χ4v) is 1.39. The van der Waals surface area contributed by atoms with Gasteiger partial charge in [-0.25, -0.2) is 8.78 Å². The molecular formula is C8H4BrClF2O. The molecule has 0 bridgehead atoms. The lowest BCUT2D eigenvalue weighted by Gasteiger charge is -2.02. The number of hydrogen-bond donors (Lipinski definition) is 0. The first-order valence-electron chi connectivity index (χ1n) is 3.30. The first-order valence-corrected chi connectivity index (χ1v) is 4.80. The van der Waals surface area contributed by atoms with Crippen LogP contribution in [0.4, 0.5) is 8.78 Å². The van der Waals surface area contributed by atoms with E-state index in [9.17, 15) is 13.6 Å². The van der Waals surface area contributed by atoms with Gasteiger partial charge in [-0.05, 0) is 12.1 Å². The summed E-state index contributed by atoms with van der Waals surface area (Å²) in [7, 11) is 0. The van der Waals surface area contributed by atoms with Crippen LogP contribution in [0, 0.1) is 11.6 Å². The molecule has 0 fully saturated rings. The van der Waals surface area contributed by atoms with Crippen LogP contribution in [0.15, 0.2) is 12.1 Å². The van der Waals surface area contributed by atoms with Gasteiger partial charge in [-0.15, -0.1) is 0 Å². The molecule has 0 atom stereocenters. The van der Waals surface area contributed by atoms with Crippen LogP contribution in [0.5, 0.6) is 0 Å². The average molecular weight is 269 g/mol. The maximum Gasteiger partial charge on any atom is 0.177 e. The highest BCUT2D eigenvalue weighted by molar-refractivity contribution is 9.09. The third-order valence-corrected chi connectivity index (χ3v) is 2.32. The molecule has 0 unspecified atom stereocenters. The van der Waals surface area contributed by atoms with Gasteiger partial charge in [-0.2, -0.15) is 0 Å². The van der Waals surface area contributed by atoms with E-state index in [-0.39, 0.29) is 5.33 Å². The Morgan fingerprint density at radius 1 is 1.38 bits per heavy atom. The summed E-state index contributed by atoms with van der Waals surface area (Å²) in [6, 6.07) is 1.75. The van der Waals surface area contributed by atoms with E-state index < -0.39 is 28.0 Å². The molecule has 0 saturated heterocycles. The number of benzene rings is 1. The van der Waals surface area contributed by atoms with Crippen molar-refractivity contribution in [3.63, 3.8) is 0 Å². The highest BCUT2D eigenvalue weighted by atomic mass is 79.9. The molecule has 0 aliphatic heterocycles. The lowest BCUT2D eigenvalue weighted by Crippen LogP contribution is -2.05. The summed E-state index contributed by atoms with van der Waals surface area (Å²) >= 11 is 8.26. The van der Waals surface area contributed by atoms with Crippen molar-refractivity contribution in [2.45, 2.75) is 0 Å². The highest BCUT2D eigenvalue weighted by Gasteiger charge is 2.17. The fraction of sp³-hybridized carbons (Fsp3) is 0.125. The molecule has 0 aromatic heterocycles. The van der Waals surface area contributed by atoms with E-state index >= 15 is 0 Å². The van der Waals surface area contributed by atoms with Crippen molar-refractivity contribution in [2.24, 2.45) is 0 Å². The fourth-order valence-electron chi connectivity index (χ4n) is 0.849. The van der Waals surface area contributed by atoms with Crippen LogP contribution in [0.25, 0.3) is 0 Å². The van der Waals surface area contributed by atoms with Gasteiger partial charge in [0.1, 0.15) is 11.6 Å². The van der Waals surface area contributed by atoms with Gasteiger partial charge in [-0.1, -0.05) is 27.5 Å². The van der Waals surface area contributed by atoms with Gasteiger partial charge in [0.25, 0.3) is 0 Å². The number of rotatable bonds is 2. The molecule has 0 aliphatic carbocycles. The lowest BCUT2D eigenvalue weighted by molar-refractivity contribution is 0.101. The van der Waals surface area contributed by atoms with Crippen molar-refractivity contribution in [1.82, 2.24) is 0 Å². The molecular weight excluding hydrogens is 265 g/mol. The summed E-state index contributed by atoms with van der Waals surface area (Å²) in [5.74, 6) is -2.19. The zero-order valence-corrected chi connectivity index (χ0v) is 8.62. The normalized spacial score (nSPS) is 10.2. The highest BCUT2D eigenvalue weighted by Crippen LogP contribution is 2.23. The second-order valence-corrected chi connectivity index (χ2v) is 3.21. The minimum absolute atomic E-state index is 0.0902. The minimum atomic E-state index is -0.809. The quantitative estimate of drug-likeness (QED) is 0.458. The summed E-state index contributed by atoms with van der Waals surface area (Å²) in [5.41, 5.74) is -0.404. The standard InChI is InChI=1S/C8H4BrClF2O/c9-3-6(13)7-4(11)1-2-5(12)8(7)10/h1-2H,3H2. The van der Waals surface area contributed by atoms with E-state index in [2.05, 4.69) is 15.9 Å². The van der Waals surface area contributed by atoms with E-state index in [4.69, 9.17) is 11.6 Å². The van der Waals surface area contributed by atoms with Gasteiger partial charge >= 0.3 is 0 Å². The zero-order valence-electron chi connectivity index (χ0n) is 6.28. The monoisotopic (exact) mass is 268 g/mol. The summed E-state index contributed by atoms with van der Waals surface area (Å²) in [6.45, 7) is 0. The number of carbonyl (C=O) groups is 1. The molecule has 0 amide bonds. The maximum atomic E-state index is 13.0. The largest absolute Gasteiger partial charge is 0.293 e. The van der Waals surface area contributed by atoms with Gasteiger partial charge in [-0.3, -0.25) is 4.79 Å². The number of Topliss-reactive ketones (excluding diaryl/α,β-unsaturated/α-hetero) is 1. The Kier molecular flexibility index (Phi) is 3.39. The first-order chi connectivity index (χ1) is 6.07. The van der Waals surface area contributed by atoms with Crippen molar-refractivity contribution in [2.75, 3.05) is 5.33 Å². The molecule has 13 heavy (non-hydrogen) atoms. The van der Waals surface area contributed by atoms with Gasteiger partial charge < -0.3 is 0 Å². The van der Waals surface area contributed by atoms with Crippen LogP contribution >= 0.6 is 27.5 Å². The summed E-state index contributed by atoms with van der Waals surface area (Å²) in [4.78, 5) is 11.1. The molecule has 1 aromatic carbocycles. The number of carbonyl (C=O) groups excluding carboxylic acids is 1. The second kappa shape index (κ2) is 4.15. The third-order valence-electron chi connectivity index (χ3n) is 1.44. The number of ketones is 1. The van der Waals surface area contributed by atoms with E-state index in [0.717, 1.165) is 12.1 Å². The summed E-state index contributed by atoms with van der Waals surface area (Å²) in [6.07, 6.45) is 0. The molecule has 70 valence electrons. The Balaban J connectivity index is 3.33. The average Bonchev–Trinajstić information content (AvgIpc) is 2.12. The van der Waals surface area contributed by atoms with Gasteiger partial charge in [0.2, 0.25) is 0 Å². The molecule has 0 spiro atoms. The third kappa shape index (κ3) is 2.06. The van der Waals surface area contributed by atoms with E-state index in [1.165, 1.54) is 0 Å². The lowest BCUT2D eigenvalue weighted by atomic mass is 10.1. The van der Waals surface area contributed by atoms with Crippen molar-refractivity contribution >= 4 is 33.3 Å². The van der Waals surface area contributed by atoms with Crippen molar-refractivity contribution in [3.05, 3.63) is 34.4 Å². The molecule has 1 rings (SSSR count). The van der Waals surface area contributed by atoms with E-state index in [1.807, 2.05) is 0 Å². The summed E-state index contributed by atoms with van der Waals surface area (Å²) < 4.78 is 25.8. The SMILES string of the molecule is O=C(CBr)c1c(F)ccc(F)c1Cl. The molecule has 0 heterocycles. The molecule has 1 aromatic rings. The molecule has 0 aliphatic rings. The van der Waals surface area contributed by atoms with E-state index in [0.29, 0.717) is 0 Å². The van der Waals surface area contributed by atoms with Crippen LogP contribution in [-0.4, -0.2) is 11.1 Å². The Morgan fingerprint density at radius 3 is 2.46 bits per heavy atom. The molecule has 0 saturated carbocycles. The van der Waals surface area contributed by atoms with Crippen molar-refractivity contribution in [1.29, 1.82) is 0 Å². The van der Waals surface area contributed by atoms with Crippen LogP contribution in [0.2, 0.25) is 5.02 Å². The van der Waals surface area contributed by atoms with Crippen molar-refractivity contribution < 1.29 is 13.6 Å². The van der Waals surface area contributed by atoms with Crippen molar-refractivity contribution in [3.8, 4) is 0 Å². The van der Waals surface area contributed by atoms with Crippen LogP contribution in [0.1, 0.15) is 10.4 Å². The van der Waals surface area contributed by atoms with Gasteiger partial charge in [0.15, 0.2) is 5.78 Å². The van der Waals surface area contributed by atoms with Crippen LogP contribution in [-0.2, 0) is 0 Å². The predicted molar refractivity (Wildman–Crippen MR) is 49.5 cm³/mol. The maximum absolute atomic E-state index is 13.0. The molecule has 0 radical (unpaired) electrons. The topological polar surface area (TPSA) is 17.1 Å². The smallest absolute Gasteiger partial charge is 0.177 e. The summed E-state index contributed by atoms with van der Waals surface area (Å²) in [5, 5.41) is -0.558. The van der Waals surface area contributed by atoms with E-state index in [1.54, 1.807) is 0 Å². The zero-order chi connectivity index (χ0) is 10.0. The predicted octanol–water partition coefficient (Wildman–Crippen LogP) is 3.20. The Labute approximate surface area is 86.8 Å². The molecule has 1 nitrogen and oxygen atoms in total. The van der Waals surface area contributed by atoms with Gasteiger partial charge in [0.05, 0.1) is 15.9 Å². The number of hydrogen-bond acceptors (Lipinski definition) is 1. The van der Waals surface area contributed by atoms with Crippen LogP contribution in [0.3, 0.4) is 0 Å². The second-order valence-electron chi connectivity index (χ2n) is 2.27. The first kappa shape index (κ1) is 10.6. The van der Waals surface area contributed by atoms with Crippen LogP contribution < -0.4 is 0 Å². The Morgan fingerprint density at radius 2 is 1.92 bits per heavy atom. The minimum Gasteiger partial charge on any atom is -0.293 e. The number of halogens is 4. The molecule has 0 N–H and O–H groups in total. The molecule has 5 heteroatoms.